The molecule has 5 nitrogen and oxygen atoms in total. The van der Waals surface area contributed by atoms with Crippen LogP contribution >= 0.6 is 11.3 Å². The number of rotatable bonds is 5. The molecule has 0 spiro atoms. The van der Waals surface area contributed by atoms with Crippen LogP contribution in [0.15, 0.2) is 40.8 Å². The summed E-state index contributed by atoms with van der Waals surface area (Å²) in [5, 5.41) is 2.49. The maximum Gasteiger partial charge on any atom is 0.328 e. The number of ether oxygens (including phenoxy) is 1. The predicted octanol–water partition coefficient (Wildman–Crippen LogP) is 3.95. The van der Waals surface area contributed by atoms with Gasteiger partial charge in [-0.15, -0.1) is 11.3 Å². The molecular weight excluding hydrogens is 336 g/mol. The van der Waals surface area contributed by atoms with Crippen LogP contribution < -0.4 is 5.56 Å². The van der Waals surface area contributed by atoms with Gasteiger partial charge < -0.3 is 4.74 Å². The molecule has 1 atom stereocenters. The Morgan fingerprint density at radius 1 is 1.32 bits per heavy atom. The van der Waals surface area contributed by atoms with Crippen molar-refractivity contribution < 1.29 is 9.53 Å². The highest BCUT2D eigenvalue weighted by Gasteiger charge is 2.21. The molecular formula is C19H20N2O3S. The Morgan fingerprint density at radius 3 is 2.72 bits per heavy atom. The number of carbonyl (C=O) groups is 1. The molecule has 0 saturated carbocycles. The number of nitrogens with zero attached hydrogens (tertiary/aromatic N) is 2. The zero-order chi connectivity index (χ0) is 18.0. The van der Waals surface area contributed by atoms with Gasteiger partial charge in [-0.3, -0.25) is 9.36 Å². The van der Waals surface area contributed by atoms with E-state index in [-0.39, 0.29) is 5.56 Å². The van der Waals surface area contributed by atoms with E-state index < -0.39 is 12.0 Å². The van der Waals surface area contributed by atoms with Crippen molar-refractivity contribution in [2.75, 3.05) is 6.61 Å². The number of hydrogen-bond donors (Lipinski definition) is 0. The summed E-state index contributed by atoms with van der Waals surface area (Å²) in [7, 11) is 0. The maximum absolute atomic E-state index is 13.0. The average molecular weight is 356 g/mol. The first-order valence-electron chi connectivity index (χ1n) is 8.25. The molecule has 2 aromatic heterocycles. The average Bonchev–Trinajstić information content (AvgIpc) is 3.05. The highest BCUT2D eigenvalue weighted by Crippen LogP contribution is 2.31. The largest absolute Gasteiger partial charge is 0.464 e. The van der Waals surface area contributed by atoms with E-state index in [1.165, 1.54) is 22.2 Å². The van der Waals surface area contributed by atoms with E-state index in [0.29, 0.717) is 16.8 Å². The molecule has 3 rings (SSSR count). The van der Waals surface area contributed by atoms with Gasteiger partial charge in [-0.1, -0.05) is 36.8 Å². The van der Waals surface area contributed by atoms with Gasteiger partial charge in [0.1, 0.15) is 10.9 Å². The third kappa shape index (κ3) is 3.35. The van der Waals surface area contributed by atoms with E-state index in [1.54, 1.807) is 6.92 Å². The molecule has 0 unspecified atom stereocenters. The van der Waals surface area contributed by atoms with Gasteiger partial charge in [0.25, 0.3) is 5.56 Å². The molecule has 130 valence electrons. The lowest BCUT2D eigenvalue weighted by Gasteiger charge is -2.14. The van der Waals surface area contributed by atoms with Gasteiger partial charge in [0.2, 0.25) is 0 Å². The molecule has 0 aliphatic heterocycles. The van der Waals surface area contributed by atoms with Crippen molar-refractivity contribution in [1.29, 1.82) is 0 Å². The Balaban J connectivity index is 2.07. The van der Waals surface area contributed by atoms with Gasteiger partial charge in [-0.2, -0.15) is 0 Å². The molecule has 0 aliphatic carbocycles. The van der Waals surface area contributed by atoms with Crippen LogP contribution in [0.5, 0.6) is 0 Å². The van der Waals surface area contributed by atoms with Crippen LogP contribution in [0.3, 0.4) is 0 Å². The molecule has 0 amide bonds. The zero-order valence-electron chi connectivity index (χ0n) is 14.5. The van der Waals surface area contributed by atoms with Crippen molar-refractivity contribution in [2.45, 2.75) is 33.2 Å². The van der Waals surface area contributed by atoms with Gasteiger partial charge >= 0.3 is 5.97 Å². The predicted molar refractivity (Wildman–Crippen MR) is 100 cm³/mol. The third-order valence-corrected chi connectivity index (χ3v) is 4.98. The second-order valence-corrected chi connectivity index (χ2v) is 6.85. The summed E-state index contributed by atoms with van der Waals surface area (Å²) >= 11 is 1.43. The summed E-state index contributed by atoms with van der Waals surface area (Å²) in [6, 6.07) is 7.30. The highest BCUT2D eigenvalue weighted by atomic mass is 32.1. The zero-order valence-corrected chi connectivity index (χ0v) is 15.3. The van der Waals surface area contributed by atoms with Gasteiger partial charge in [-0.25, -0.2) is 9.78 Å². The summed E-state index contributed by atoms with van der Waals surface area (Å²) in [5.41, 5.74) is 2.75. The molecule has 0 fully saturated rings. The van der Waals surface area contributed by atoms with Crippen molar-refractivity contribution in [2.24, 2.45) is 0 Å². The first-order valence-corrected chi connectivity index (χ1v) is 9.13. The summed E-state index contributed by atoms with van der Waals surface area (Å²) < 4.78 is 6.51. The number of hydrogen-bond acceptors (Lipinski definition) is 5. The van der Waals surface area contributed by atoms with Crippen molar-refractivity contribution in [3.8, 4) is 11.1 Å². The molecule has 0 radical (unpaired) electrons. The first-order chi connectivity index (χ1) is 12.0. The van der Waals surface area contributed by atoms with Crippen LogP contribution in [-0.4, -0.2) is 22.1 Å². The van der Waals surface area contributed by atoms with E-state index in [4.69, 9.17) is 4.74 Å². The minimum Gasteiger partial charge on any atom is -0.464 e. The van der Waals surface area contributed by atoms with E-state index in [0.717, 1.165) is 23.1 Å². The minimum atomic E-state index is -0.707. The first kappa shape index (κ1) is 17.4. The fourth-order valence-electron chi connectivity index (χ4n) is 2.60. The van der Waals surface area contributed by atoms with Crippen molar-refractivity contribution in [3.63, 3.8) is 0 Å². The Morgan fingerprint density at radius 2 is 2.04 bits per heavy atom. The van der Waals surface area contributed by atoms with Crippen LogP contribution in [0.4, 0.5) is 0 Å². The lowest BCUT2D eigenvalue weighted by atomic mass is 10.1. The second-order valence-electron chi connectivity index (χ2n) is 6.00. The van der Waals surface area contributed by atoms with Crippen LogP contribution in [0.1, 0.15) is 31.9 Å². The number of carbonyl (C=O) groups excluding carboxylic acids is 1. The van der Waals surface area contributed by atoms with Crippen molar-refractivity contribution >= 4 is 27.5 Å². The lowest BCUT2D eigenvalue weighted by Crippen LogP contribution is -2.29. The molecule has 6 heteroatoms. The van der Waals surface area contributed by atoms with Crippen LogP contribution in [0.25, 0.3) is 21.3 Å². The normalized spacial score (nSPS) is 12.3. The van der Waals surface area contributed by atoms with Crippen LogP contribution in [-0.2, 0) is 9.53 Å². The second kappa shape index (κ2) is 7.19. The molecule has 2 heterocycles. The fourth-order valence-corrected chi connectivity index (χ4v) is 3.51. The Bertz CT molecular complexity index is 957. The van der Waals surface area contributed by atoms with E-state index in [1.807, 2.05) is 43.5 Å². The maximum atomic E-state index is 13.0. The van der Waals surface area contributed by atoms with Gasteiger partial charge in [0, 0.05) is 10.9 Å². The molecule has 3 aromatic rings. The van der Waals surface area contributed by atoms with Crippen LogP contribution in [0, 0.1) is 6.92 Å². The molecule has 0 N–H and O–H groups in total. The van der Waals surface area contributed by atoms with Gasteiger partial charge in [0.15, 0.2) is 0 Å². The monoisotopic (exact) mass is 356 g/mol. The molecule has 0 bridgehead atoms. The Kier molecular flexibility index (Phi) is 4.99. The topological polar surface area (TPSA) is 61.2 Å². The Hall–Kier alpha value is -2.47. The number of benzene rings is 1. The van der Waals surface area contributed by atoms with Crippen molar-refractivity contribution in [1.82, 2.24) is 9.55 Å². The summed E-state index contributed by atoms with van der Waals surface area (Å²) in [4.78, 5) is 30.1. The third-order valence-electron chi connectivity index (χ3n) is 4.09. The summed E-state index contributed by atoms with van der Waals surface area (Å²) in [5.74, 6) is -0.419. The van der Waals surface area contributed by atoms with E-state index in [9.17, 15) is 9.59 Å². The highest BCUT2D eigenvalue weighted by molar-refractivity contribution is 7.17. The van der Waals surface area contributed by atoms with Gasteiger partial charge in [0.05, 0.1) is 18.3 Å². The molecule has 1 aromatic carbocycles. The minimum absolute atomic E-state index is 0.220. The number of thiophene rings is 1. The quantitative estimate of drug-likeness (QED) is 0.650. The summed E-state index contributed by atoms with van der Waals surface area (Å²) in [6.45, 7) is 5.95. The SMILES string of the molecule is CCCOC(=O)[C@H](C)n1cnc2scc(-c3ccc(C)cc3)c2c1=O. The number of aryl methyl sites for hydroxylation is 1. The molecule has 0 saturated heterocycles. The van der Waals surface area contributed by atoms with E-state index >= 15 is 0 Å². The molecule has 0 aliphatic rings. The summed E-state index contributed by atoms with van der Waals surface area (Å²) in [6.07, 6.45) is 2.17. The standard InChI is InChI=1S/C19H20N2O3S/c1-4-9-24-19(23)13(3)21-11-20-17-16(18(21)22)15(10-25-17)14-7-5-12(2)6-8-14/h5-8,10-11,13H,4,9H2,1-3H3/t13-/m0/s1. The molecule has 25 heavy (non-hydrogen) atoms. The number of esters is 1. The number of fused-ring (bicyclic) bond motifs is 1. The smallest absolute Gasteiger partial charge is 0.328 e. The van der Waals surface area contributed by atoms with E-state index in [2.05, 4.69) is 4.98 Å². The van der Waals surface area contributed by atoms with Crippen molar-refractivity contribution in [3.05, 3.63) is 51.9 Å². The Labute approximate surface area is 149 Å². The van der Waals surface area contributed by atoms with Crippen LogP contribution in [0.2, 0.25) is 0 Å². The lowest BCUT2D eigenvalue weighted by molar-refractivity contribution is -0.147. The van der Waals surface area contributed by atoms with Gasteiger partial charge in [-0.05, 0) is 25.8 Å². The number of aromatic nitrogens is 2. The fraction of sp³-hybridized carbons (Fsp3) is 0.316.